The fourth-order valence-electron chi connectivity index (χ4n) is 2.73. The van der Waals surface area contributed by atoms with Crippen molar-refractivity contribution in [2.45, 2.75) is 44.7 Å². The molecule has 10 nitrogen and oxygen atoms in total. The highest BCUT2D eigenvalue weighted by Crippen LogP contribution is 2.14. The second kappa shape index (κ2) is 12.2. The fourth-order valence-corrected chi connectivity index (χ4v) is 2.73. The molecule has 1 aromatic carbocycles. The van der Waals surface area contributed by atoms with Crippen LogP contribution < -0.4 is 11.1 Å². The number of benzene rings is 1. The Kier molecular flexibility index (Phi) is 9.56. The van der Waals surface area contributed by atoms with Gasteiger partial charge < -0.3 is 25.8 Å². The molecule has 2 aromatic rings. The second-order valence-corrected chi connectivity index (χ2v) is 6.43. The molecule has 0 bridgehead atoms. The van der Waals surface area contributed by atoms with Crippen molar-refractivity contribution in [1.82, 2.24) is 25.5 Å². The molecule has 28 heavy (non-hydrogen) atoms. The van der Waals surface area contributed by atoms with Crippen LogP contribution in [0.4, 0.5) is 0 Å². The van der Waals surface area contributed by atoms with E-state index in [4.69, 9.17) is 15.8 Å². The van der Waals surface area contributed by atoms with Gasteiger partial charge >= 0.3 is 7.32 Å². The Balaban J connectivity index is 1.69. The van der Waals surface area contributed by atoms with Gasteiger partial charge in [-0.3, -0.25) is 4.79 Å². The SMILES string of the molecule is NC(CCCCCOB(O)O)c1nnnn1CC(=O)NCCc1ccccc1. The third-order valence-electron chi connectivity index (χ3n) is 4.19. The topological polar surface area (TPSA) is 148 Å². The number of hydrogen-bond acceptors (Lipinski definition) is 8. The van der Waals surface area contributed by atoms with Crippen molar-refractivity contribution in [3.8, 4) is 0 Å². The molecule has 1 atom stereocenters. The third kappa shape index (κ3) is 8.13. The van der Waals surface area contributed by atoms with Crippen molar-refractivity contribution in [1.29, 1.82) is 0 Å². The number of nitrogens with two attached hydrogens (primary N) is 1. The van der Waals surface area contributed by atoms with Crippen LogP contribution in [0.2, 0.25) is 0 Å². The van der Waals surface area contributed by atoms with Gasteiger partial charge in [0.1, 0.15) is 6.54 Å². The molecule has 0 saturated heterocycles. The molecule has 1 unspecified atom stereocenters. The molecule has 1 aromatic heterocycles. The van der Waals surface area contributed by atoms with Gasteiger partial charge in [-0.15, -0.1) is 5.10 Å². The number of unbranched alkanes of at least 4 members (excludes halogenated alkanes) is 2. The Labute approximate surface area is 164 Å². The van der Waals surface area contributed by atoms with Gasteiger partial charge in [0.05, 0.1) is 6.04 Å². The van der Waals surface area contributed by atoms with E-state index in [0.29, 0.717) is 25.2 Å². The van der Waals surface area contributed by atoms with Crippen LogP contribution in [0, 0.1) is 0 Å². The van der Waals surface area contributed by atoms with Crippen LogP contribution in [0.15, 0.2) is 30.3 Å². The average molecular weight is 390 g/mol. The van der Waals surface area contributed by atoms with Crippen LogP contribution in [0.1, 0.15) is 43.1 Å². The van der Waals surface area contributed by atoms with Crippen molar-refractivity contribution in [3.05, 3.63) is 41.7 Å². The van der Waals surface area contributed by atoms with E-state index in [9.17, 15) is 4.79 Å². The van der Waals surface area contributed by atoms with Gasteiger partial charge in [0, 0.05) is 13.2 Å². The Morgan fingerprint density at radius 1 is 1.25 bits per heavy atom. The predicted octanol–water partition coefficient (Wildman–Crippen LogP) is -0.422. The lowest BCUT2D eigenvalue weighted by molar-refractivity contribution is -0.121. The van der Waals surface area contributed by atoms with E-state index in [1.807, 2.05) is 30.3 Å². The van der Waals surface area contributed by atoms with Gasteiger partial charge in [0.15, 0.2) is 5.82 Å². The van der Waals surface area contributed by atoms with E-state index in [1.165, 1.54) is 4.68 Å². The van der Waals surface area contributed by atoms with E-state index in [2.05, 4.69) is 25.5 Å². The summed E-state index contributed by atoms with van der Waals surface area (Å²) in [6.45, 7) is 0.831. The molecular formula is C17H27BN6O4. The average Bonchev–Trinajstić information content (AvgIpc) is 3.13. The summed E-state index contributed by atoms with van der Waals surface area (Å²) < 4.78 is 6.07. The van der Waals surface area contributed by atoms with Gasteiger partial charge in [-0.2, -0.15) is 0 Å². The van der Waals surface area contributed by atoms with E-state index in [-0.39, 0.29) is 25.1 Å². The van der Waals surface area contributed by atoms with Gasteiger partial charge in [-0.05, 0) is 35.3 Å². The Morgan fingerprint density at radius 3 is 2.79 bits per heavy atom. The van der Waals surface area contributed by atoms with E-state index in [1.54, 1.807) is 0 Å². The summed E-state index contributed by atoms with van der Waals surface area (Å²) in [5.41, 5.74) is 7.31. The summed E-state index contributed by atoms with van der Waals surface area (Å²) in [4.78, 5) is 12.1. The Hall–Kier alpha value is -2.34. The molecule has 0 spiro atoms. The van der Waals surface area contributed by atoms with Gasteiger partial charge in [0.25, 0.3) is 0 Å². The van der Waals surface area contributed by atoms with E-state index in [0.717, 1.165) is 24.8 Å². The van der Waals surface area contributed by atoms with Crippen molar-refractivity contribution < 1.29 is 19.5 Å². The monoisotopic (exact) mass is 390 g/mol. The zero-order valence-electron chi connectivity index (χ0n) is 15.8. The normalized spacial score (nSPS) is 12.0. The number of carbonyl (C=O) groups is 1. The Morgan fingerprint density at radius 2 is 2.04 bits per heavy atom. The summed E-state index contributed by atoms with van der Waals surface area (Å²) >= 11 is 0. The van der Waals surface area contributed by atoms with E-state index >= 15 is 0 Å². The van der Waals surface area contributed by atoms with Crippen LogP contribution >= 0.6 is 0 Å². The molecule has 0 aliphatic rings. The first-order valence-corrected chi connectivity index (χ1v) is 9.36. The maximum Gasteiger partial charge on any atom is 0.633 e. The zero-order chi connectivity index (χ0) is 20.2. The first kappa shape index (κ1) is 22.0. The second-order valence-electron chi connectivity index (χ2n) is 6.43. The van der Waals surface area contributed by atoms with Gasteiger partial charge in [-0.25, -0.2) is 4.68 Å². The predicted molar refractivity (Wildman–Crippen MR) is 103 cm³/mol. The quantitative estimate of drug-likeness (QED) is 0.266. The number of nitrogens with zero attached hydrogens (tertiary/aromatic N) is 4. The van der Waals surface area contributed by atoms with Crippen LogP contribution in [0.5, 0.6) is 0 Å². The number of rotatable bonds is 13. The lowest BCUT2D eigenvalue weighted by atomic mass is 10.1. The maximum absolute atomic E-state index is 12.1. The van der Waals surface area contributed by atoms with Crippen LogP contribution in [0.3, 0.4) is 0 Å². The Bertz CT molecular complexity index is 700. The smallest absolute Gasteiger partial charge is 0.402 e. The number of tetrazole rings is 1. The largest absolute Gasteiger partial charge is 0.633 e. The van der Waals surface area contributed by atoms with E-state index < -0.39 is 7.32 Å². The minimum Gasteiger partial charge on any atom is -0.402 e. The lowest BCUT2D eigenvalue weighted by Crippen LogP contribution is -2.31. The fraction of sp³-hybridized carbons (Fsp3) is 0.529. The third-order valence-corrected chi connectivity index (χ3v) is 4.19. The highest BCUT2D eigenvalue weighted by Gasteiger charge is 2.17. The van der Waals surface area contributed by atoms with Gasteiger partial charge in [0.2, 0.25) is 5.91 Å². The van der Waals surface area contributed by atoms with Crippen molar-refractivity contribution in [2.75, 3.05) is 13.2 Å². The molecule has 0 radical (unpaired) electrons. The number of carbonyl (C=O) groups excluding carboxylic acids is 1. The summed E-state index contributed by atoms with van der Waals surface area (Å²) in [6.07, 6.45) is 3.73. The minimum atomic E-state index is -1.73. The summed E-state index contributed by atoms with van der Waals surface area (Å²) in [5.74, 6) is 0.302. The molecule has 2 rings (SSSR count). The molecule has 5 N–H and O–H groups in total. The molecule has 0 saturated carbocycles. The number of amides is 1. The molecule has 152 valence electrons. The van der Waals surface area contributed by atoms with Crippen molar-refractivity contribution in [2.24, 2.45) is 5.73 Å². The molecule has 0 aliphatic carbocycles. The molecule has 1 amide bonds. The summed E-state index contributed by atoms with van der Waals surface area (Å²) in [6, 6.07) is 9.55. The maximum atomic E-state index is 12.1. The highest BCUT2D eigenvalue weighted by atomic mass is 16.6. The number of aromatic nitrogens is 4. The molecule has 11 heteroatoms. The molecule has 1 heterocycles. The van der Waals surface area contributed by atoms with Gasteiger partial charge in [-0.1, -0.05) is 43.2 Å². The summed E-state index contributed by atoms with van der Waals surface area (Å²) in [5, 5.41) is 31.5. The number of hydrogen-bond donors (Lipinski definition) is 4. The summed E-state index contributed by atoms with van der Waals surface area (Å²) in [7, 11) is -1.73. The first-order chi connectivity index (χ1) is 13.6. The number of nitrogens with one attached hydrogen (secondary N) is 1. The van der Waals surface area contributed by atoms with Crippen molar-refractivity contribution >= 4 is 13.2 Å². The molecule has 0 aliphatic heterocycles. The van der Waals surface area contributed by atoms with Crippen molar-refractivity contribution in [3.63, 3.8) is 0 Å². The minimum absolute atomic E-state index is 0.0209. The molecular weight excluding hydrogens is 363 g/mol. The van der Waals surface area contributed by atoms with Crippen LogP contribution in [-0.4, -0.2) is 56.6 Å². The zero-order valence-corrected chi connectivity index (χ0v) is 15.8. The highest BCUT2D eigenvalue weighted by molar-refractivity contribution is 6.32. The molecule has 0 fully saturated rings. The van der Waals surface area contributed by atoms with Crippen LogP contribution in [-0.2, 0) is 22.4 Å². The first-order valence-electron chi connectivity index (χ1n) is 9.36. The lowest BCUT2D eigenvalue weighted by Gasteiger charge is -2.12. The standard InChI is InChI=1S/C17H27BN6O4/c19-15(9-5-2-6-12-28-18(26)27)17-21-22-23-24(17)13-16(25)20-11-10-14-7-3-1-4-8-14/h1,3-4,7-8,15,26-27H,2,5-6,9-13,19H2,(H,20,25). The van der Waals surface area contributed by atoms with Crippen LogP contribution in [0.25, 0.3) is 0 Å².